The number of rotatable bonds is 8. The van der Waals surface area contributed by atoms with E-state index in [2.05, 4.69) is 34.0 Å². The highest BCUT2D eigenvalue weighted by atomic mass is 16.5. The summed E-state index contributed by atoms with van der Waals surface area (Å²) in [7, 11) is 0. The van der Waals surface area contributed by atoms with Gasteiger partial charge in [0.25, 0.3) is 0 Å². The summed E-state index contributed by atoms with van der Waals surface area (Å²) in [6.45, 7) is 9.12. The number of nitrogens with one attached hydrogen (secondary N) is 1. The van der Waals surface area contributed by atoms with Gasteiger partial charge in [-0.05, 0) is 19.4 Å². The van der Waals surface area contributed by atoms with Crippen LogP contribution in [0.1, 0.15) is 26.7 Å². The maximum atomic E-state index is 5.60. The van der Waals surface area contributed by atoms with Crippen LogP contribution in [0.4, 0.5) is 5.82 Å². The predicted molar refractivity (Wildman–Crippen MR) is 82.9 cm³/mol. The average Bonchev–Trinajstić information content (AvgIpc) is 2.54. The highest BCUT2D eigenvalue weighted by Crippen LogP contribution is 2.19. The van der Waals surface area contributed by atoms with Crippen molar-refractivity contribution in [1.82, 2.24) is 15.3 Å². The van der Waals surface area contributed by atoms with Gasteiger partial charge < -0.3 is 19.7 Å². The molecule has 1 aromatic heterocycles. The van der Waals surface area contributed by atoms with Gasteiger partial charge in [0, 0.05) is 13.1 Å². The van der Waals surface area contributed by atoms with Crippen molar-refractivity contribution in [2.24, 2.45) is 0 Å². The van der Waals surface area contributed by atoms with E-state index in [-0.39, 0.29) is 0 Å². The molecule has 6 nitrogen and oxygen atoms in total. The molecule has 0 radical (unpaired) electrons. The molecule has 1 aromatic rings. The fraction of sp³-hybridized carbons (Fsp3) is 0.733. The van der Waals surface area contributed by atoms with Crippen LogP contribution >= 0.6 is 0 Å². The van der Waals surface area contributed by atoms with Crippen molar-refractivity contribution in [1.29, 1.82) is 0 Å². The predicted octanol–water partition coefficient (Wildman–Crippen LogP) is 1.47. The second kappa shape index (κ2) is 8.79. The molecule has 0 spiro atoms. The maximum Gasteiger partial charge on any atom is 0.234 e. The van der Waals surface area contributed by atoms with E-state index in [0.717, 1.165) is 51.5 Å². The molecule has 1 fully saturated rings. The summed E-state index contributed by atoms with van der Waals surface area (Å²) in [6, 6.07) is 0.293. The molecule has 0 amide bonds. The summed E-state index contributed by atoms with van der Waals surface area (Å²) < 4.78 is 11.2. The van der Waals surface area contributed by atoms with Crippen molar-refractivity contribution in [2.75, 3.05) is 44.4 Å². The van der Waals surface area contributed by atoms with E-state index in [1.54, 1.807) is 12.4 Å². The molecule has 1 N–H and O–H groups in total. The van der Waals surface area contributed by atoms with Crippen LogP contribution in [0.2, 0.25) is 0 Å². The first-order chi connectivity index (χ1) is 10.3. The Morgan fingerprint density at radius 1 is 1.38 bits per heavy atom. The summed E-state index contributed by atoms with van der Waals surface area (Å²) in [4.78, 5) is 11.1. The van der Waals surface area contributed by atoms with Crippen molar-refractivity contribution in [3.63, 3.8) is 0 Å². The third-order valence-electron chi connectivity index (χ3n) is 3.38. The lowest BCUT2D eigenvalue weighted by Crippen LogP contribution is -2.51. The zero-order valence-corrected chi connectivity index (χ0v) is 13.0. The first kappa shape index (κ1) is 16.0. The summed E-state index contributed by atoms with van der Waals surface area (Å²) in [5.74, 6) is 1.47. The topological polar surface area (TPSA) is 59.5 Å². The van der Waals surface area contributed by atoms with Gasteiger partial charge in [-0.3, -0.25) is 4.98 Å². The summed E-state index contributed by atoms with van der Waals surface area (Å²) in [5.41, 5.74) is 0. The van der Waals surface area contributed by atoms with Crippen LogP contribution < -0.4 is 15.0 Å². The number of morpholine rings is 1. The van der Waals surface area contributed by atoms with Gasteiger partial charge in [-0.15, -0.1) is 0 Å². The van der Waals surface area contributed by atoms with Crippen molar-refractivity contribution in [3.05, 3.63) is 12.4 Å². The van der Waals surface area contributed by atoms with Crippen molar-refractivity contribution in [3.8, 4) is 5.88 Å². The van der Waals surface area contributed by atoms with E-state index in [1.807, 2.05) is 0 Å². The minimum atomic E-state index is 0.293. The molecule has 118 valence electrons. The Hall–Kier alpha value is -1.40. The molecular formula is C15H26N4O2. The van der Waals surface area contributed by atoms with Crippen LogP contribution in [0.5, 0.6) is 5.88 Å². The lowest BCUT2D eigenvalue weighted by atomic mass is 10.2. The van der Waals surface area contributed by atoms with Crippen molar-refractivity contribution in [2.45, 2.75) is 32.7 Å². The molecule has 2 rings (SSSR count). The minimum Gasteiger partial charge on any atom is -0.477 e. The van der Waals surface area contributed by atoms with Gasteiger partial charge in [0.1, 0.15) is 0 Å². The number of nitrogens with zero attached hydrogens (tertiary/aromatic N) is 3. The third kappa shape index (κ3) is 4.82. The Bertz CT molecular complexity index is 416. The fourth-order valence-corrected chi connectivity index (χ4v) is 2.32. The van der Waals surface area contributed by atoms with E-state index in [4.69, 9.17) is 9.47 Å². The molecular weight excluding hydrogens is 268 g/mol. The number of hydrogen-bond donors (Lipinski definition) is 1. The average molecular weight is 294 g/mol. The maximum absolute atomic E-state index is 5.60. The first-order valence-corrected chi connectivity index (χ1v) is 7.85. The highest BCUT2D eigenvalue weighted by Gasteiger charge is 2.24. The van der Waals surface area contributed by atoms with E-state index in [9.17, 15) is 0 Å². The van der Waals surface area contributed by atoms with Gasteiger partial charge in [0.2, 0.25) is 5.88 Å². The number of ether oxygens (including phenoxy) is 2. The van der Waals surface area contributed by atoms with Crippen LogP contribution in [0, 0.1) is 0 Å². The second-order valence-electron chi connectivity index (χ2n) is 5.19. The van der Waals surface area contributed by atoms with Crippen LogP contribution in [-0.4, -0.2) is 55.5 Å². The minimum absolute atomic E-state index is 0.293. The molecule has 0 bridgehead atoms. The molecule has 1 atom stereocenters. The van der Waals surface area contributed by atoms with E-state index < -0.39 is 0 Å². The summed E-state index contributed by atoms with van der Waals surface area (Å²) >= 11 is 0. The molecule has 1 aliphatic heterocycles. The quantitative estimate of drug-likeness (QED) is 0.733. The molecule has 1 aliphatic rings. The molecule has 2 heterocycles. The van der Waals surface area contributed by atoms with Crippen molar-refractivity contribution >= 4 is 5.82 Å². The number of aromatic nitrogens is 2. The van der Waals surface area contributed by atoms with E-state index in [0.29, 0.717) is 18.5 Å². The molecule has 21 heavy (non-hydrogen) atoms. The second-order valence-corrected chi connectivity index (χ2v) is 5.19. The van der Waals surface area contributed by atoms with Gasteiger partial charge in [0.15, 0.2) is 5.82 Å². The molecule has 1 saturated heterocycles. The molecule has 0 aromatic carbocycles. The number of anilines is 1. The molecule has 0 aliphatic carbocycles. The van der Waals surface area contributed by atoms with E-state index in [1.165, 1.54) is 0 Å². The van der Waals surface area contributed by atoms with Gasteiger partial charge in [-0.25, -0.2) is 0 Å². The smallest absolute Gasteiger partial charge is 0.234 e. The van der Waals surface area contributed by atoms with Crippen LogP contribution in [0.3, 0.4) is 0 Å². The normalized spacial score (nSPS) is 18.8. The number of hydrogen-bond acceptors (Lipinski definition) is 6. The van der Waals surface area contributed by atoms with Gasteiger partial charge in [-0.1, -0.05) is 13.8 Å². The van der Waals surface area contributed by atoms with E-state index >= 15 is 0 Å². The molecule has 6 heteroatoms. The third-order valence-corrected chi connectivity index (χ3v) is 3.38. The summed E-state index contributed by atoms with van der Waals surface area (Å²) in [5, 5.41) is 3.45. The molecule has 1 unspecified atom stereocenters. The van der Waals surface area contributed by atoms with Crippen LogP contribution in [0.15, 0.2) is 12.4 Å². The lowest BCUT2D eigenvalue weighted by molar-refractivity contribution is 0.0932. The first-order valence-electron chi connectivity index (χ1n) is 7.85. The van der Waals surface area contributed by atoms with Crippen molar-refractivity contribution < 1.29 is 9.47 Å². The SMILES string of the molecule is CCCNCC1COCCN1c1cncc(OCCC)n1. The molecule has 0 saturated carbocycles. The highest BCUT2D eigenvalue weighted by molar-refractivity contribution is 5.39. The largest absolute Gasteiger partial charge is 0.477 e. The van der Waals surface area contributed by atoms with Gasteiger partial charge in [0.05, 0.1) is 38.3 Å². The Balaban J connectivity index is 2.02. The van der Waals surface area contributed by atoms with Crippen LogP contribution in [0.25, 0.3) is 0 Å². The standard InChI is InChI=1S/C15H26N4O2/c1-3-5-16-9-13-12-20-8-6-19(13)14-10-17-11-15(18-14)21-7-4-2/h10-11,13,16H,3-9,12H2,1-2H3. The van der Waals surface area contributed by atoms with Gasteiger partial charge >= 0.3 is 0 Å². The lowest BCUT2D eigenvalue weighted by Gasteiger charge is -2.36. The van der Waals surface area contributed by atoms with Gasteiger partial charge in [-0.2, -0.15) is 4.98 Å². The summed E-state index contributed by atoms with van der Waals surface area (Å²) in [6.07, 6.45) is 5.57. The fourth-order valence-electron chi connectivity index (χ4n) is 2.32. The Morgan fingerprint density at radius 3 is 3.10 bits per heavy atom. The zero-order chi connectivity index (χ0) is 14.9. The van der Waals surface area contributed by atoms with Crippen LogP contribution in [-0.2, 0) is 4.74 Å². The zero-order valence-electron chi connectivity index (χ0n) is 13.0. The Labute approximate surface area is 126 Å². The Morgan fingerprint density at radius 2 is 2.29 bits per heavy atom. The Kier molecular flexibility index (Phi) is 6.69. The monoisotopic (exact) mass is 294 g/mol.